The highest BCUT2D eigenvalue weighted by molar-refractivity contribution is 5.23. The average molecular weight is 443 g/mol. The van der Waals surface area contributed by atoms with E-state index in [9.17, 15) is 13.2 Å². The van der Waals surface area contributed by atoms with Crippen LogP contribution >= 0.6 is 0 Å². The summed E-state index contributed by atoms with van der Waals surface area (Å²) < 4.78 is 40.4. The minimum absolute atomic E-state index is 0.165. The van der Waals surface area contributed by atoms with Crippen molar-refractivity contribution in [3.05, 3.63) is 71.0 Å². The van der Waals surface area contributed by atoms with Crippen LogP contribution < -0.4 is 0 Å². The molecular weight excluding hydrogens is 405 g/mol. The molecule has 2 aromatic rings. The molecule has 174 valence electrons. The quantitative estimate of drug-likeness (QED) is 0.375. The molecule has 1 unspecified atom stereocenters. The van der Waals surface area contributed by atoms with Crippen molar-refractivity contribution in [3.63, 3.8) is 0 Å². The second-order valence-electron chi connectivity index (χ2n) is 10.5. The van der Waals surface area contributed by atoms with Crippen molar-refractivity contribution < 1.29 is 13.2 Å². The Hall–Kier alpha value is -1.77. The first kappa shape index (κ1) is 23.4. The van der Waals surface area contributed by atoms with Gasteiger partial charge in [-0.25, -0.2) is 13.2 Å². The molecule has 0 saturated heterocycles. The molecule has 0 radical (unpaired) electrons. The molecule has 0 aliphatic heterocycles. The van der Waals surface area contributed by atoms with E-state index in [1.807, 2.05) is 0 Å². The van der Waals surface area contributed by atoms with Gasteiger partial charge >= 0.3 is 0 Å². The van der Waals surface area contributed by atoms with Crippen LogP contribution in [0.4, 0.5) is 13.2 Å². The van der Waals surface area contributed by atoms with Crippen molar-refractivity contribution in [3.8, 4) is 0 Å². The van der Waals surface area contributed by atoms with Gasteiger partial charge in [0.25, 0.3) is 0 Å². The summed E-state index contributed by atoms with van der Waals surface area (Å²) in [4.78, 5) is 0. The molecule has 3 heteroatoms. The fourth-order valence-electron chi connectivity index (χ4n) is 6.24. The number of hydrogen-bond donors (Lipinski definition) is 0. The molecule has 32 heavy (non-hydrogen) atoms. The predicted molar refractivity (Wildman–Crippen MR) is 125 cm³/mol. The van der Waals surface area contributed by atoms with Gasteiger partial charge in [-0.15, -0.1) is 0 Å². The maximum atomic E-state index is 13.6. The van der Waals surface area contributed by atoms with E-state index in [1.54, 1.807) is 0 Å². The summed E-state index contributed by atoms with van der Waals surface area (Å²) in [6.45, 7) is 2.37. The molecule has 0 nitrogen and oxygen atoms in total. The number of rotatable bonds is 7. The lowest BCUT2D eigenvalue weighted by Gasteiger charge is -2.33. The van der Waals surface area contributed by atoms with Gasteiger partial charge in [0, 0.05) is 0 Å². The largest absolute Gasteiger partial charge is 0.204 e. The Bertz CT molecular complexity index is 823. The van der Waals surface area contributed by atoms with Crippen molar-refractivity contribution in [1.82, 2.24) is 0 Å². The Kier molecular flexibility index (Phi) is 7.97. The Balaban J connectivity index is 1.16. The van der Waals surface area contributed by atoms with Crippen molar-refractivity contribution in [2.75, 3.05) is 0 Å². The van der Waals surface area contributed by atoms with E-state index in [0.717, 1.165) is 43.4 Å². The van der Waals surface area contributed by atoms with E-state index in [4.69, 9.17) is 0 Å². The van der Waals surface area contributed by atoms with Gasteiger partial charge in [-0.2, -0.15) is 0 Å². The molecule has 0 amide bonds. The zero-order valence-electron chi connectivity index (χ0n) is 19.3. The first-order valence-corrected chi connectivity index (χ1v) is 12.7. The van der Waals surface area contributed by atoms with Crippen LogP contribution in [-0.2, 0) is 0 Å². The van der Waals surface area contributed by atoms with Gasteiger partial charge in [0.2, 0.25) is 0 Å². The van der Waals surface area contributed by atoms with E-state index >= 15 is 0 Å². The molecule has 2 aliphatic rings. The standard InChI is InChI=1S/C29H37F3/c1-20(24-5-3-2-4-6-24)17-23-11-9-21(10-12-23)7-8-22-13-15-25(16-14-22)26-18-27(30)29(32)28(31)19-26/h2-6,18-23,25H,7-17H2,1H3. The van der Waals surface area contributed by atoms with Crippen molar-refractivity contribution in [1.29, 1.82) is 0 Å². The second-order valence-corrected chi connectivity index (χ2v) is 10.5. The first-order valence-electron chi connectivity index (χ1n) is 12.7. The zero-order chi connectivity index (χ0) is 22.5. The van der Waals surface area contributed by atoms with Gasteiger partial charge < -0.3 is 0 Å². The van der Waals surface area contributed by atoms with Gasteiger partial charge in [0.15, 0.2) is 17.5 Å². The van der Waals surface area contributed by atoms with Crippen LogP contribution in [-0.4, -0.2) is 0 Å². The Morgan fingerprint density at radius 1 is 0.719 bits per heavy atom. The molecule has 2 aromatic carbocycles. The molecule has 0 spiro atoms. The molecule has 2 saturated carbocycles. The first-order chi connectivity index (χ1) is 15.5. The topological polar surface area (TPSA) is 0 Å². The summed E-state index contributed by atoms with van der Waals surface area (Å²) >= 11 is 0. The van der Waals surface area contributed by atoms with Gasteiger partial charge in [-0.3, -0.25) is 0 Å². The summed E-state index contributed by atoms with van der Waals surface area (Å²) in [7, 11) is 0. The normalized spacial score (nSPS) is 27.2. The molecule has 0 bridgehead atoms. The zero-order valence-corrected chi connectivity index (χ0v) is 19.3. The highest BCUT2D eigenvalue weighted by atomic mass is 19.2. The molecule has 4 rings (SSSR count). The minimum Gasteiger partial charge on any atom is -0.204 e. The molecule has 2 fully saturated rings. The second kappa shape index (κ2) is 10.9. The summed E-state index contributed by atoms with van der Waals surface area (Å²) in [6, 6.07) is 13.3. The third-order valence-electron chi connectivity index (χ3n) is 8.33. The van der Waals surface area contributed by atoms with Crippen LogP contribution in [0.1, 0.15) is 101 Å². The Morgan fingerprint density at radius 3 is 1.78 bits per heavy atom. The molecule has 0 N–H and O–H groups in total. The van der Waals surface area contributed by atoms with E-state index < -0.39 is 17.5 Å². The SMILES string of the molecule is CC(CC1CCC(CCC2CCC(c3cc(F)c(F)c(F)c3)CC2)CC1)c1ccccc1. The van der Waals surface area contributed by atoms with Crippen LogP contribution in [0.5, 0.6) is 0 Å². The molecule has 2 aliphatic carbocycles. The monoisotopic (exact) mass is 442 g/mol. The van der Waals surface area contributed by atoms with Crippen molar-refractivity contribution >= 4 is 0 Å². The van der Waals surface area contributed by atoms with Crippen LogP contribution in [0.3, 0.4) is 0 Å². The fraction of sp³-hybridized carbons (Fsp3) is 0.586. The van der Waals surface area contributed by atoms with Crippen LogP contribution in [0.2, 0.25) is 0 Å². The highest BCUT2D eigenvalue weighted by Gasteiger charge is 2.27. The Labute approximate surface area is 191 Å². The van der Waals surface area contributed by atoms with Gasteiger partial charge in [-0.05, 0) is 85.0 Å². The summed E-state index contributed by atoms with van der Waals surface area (Å²) in [6.07, 6.45) is 13.6. The van der Waals surface area contributed by atoms with E-state index in [-0.39, 0.29) is 5.92 Å². The Morgan fingerprint density at radius 2 is 1.22 bits per heavy atom. The van der Waals surface area contributed by atoms with Crippen LogP contribution in [0.25, 0.3) is 0 Å². The number of halogens is 3. The molecule has 1 atom stereocenters. The highest BCUT2D eigenvalue weighted by Crippen LogP contribution is 2.41. The average Bonchev–Trinajstić information content (AvgIpc) is 2.82. The lowest BCUT2D eigenvalue weighted by Crippen LogP contribution is -2.18. The van der Waals surface area contributed by atoms with Crippen molar-refractivity contribution in [2.45, 2.75) is 89.4 Å². The van der Waals surface area contributed by atoms with Gasteiger partial charge in [0.05, 0.1) is 0 Å². The third-order valence-corrected chi connectivity index (χ3v) is 8.33. The minimum atomic E-state index is -1.35. The number of hydrogen-bond acceptors (Lipinski definition) is 0. The fourth-order valence-corrected chi connectivity index (χ4v) is 6.24. The van der Waals surface area contributed by atoms with E-state index in [2.05, 4.69) is 37.3 Å². The lowest BCUT2D eigenvalue weighted by molar-refractivity contribution is 0.220. The van der Waals surface area contributed by atoms with E-state index in [1.165, 1.54) is 62.6 Å². The lowest BCUT2D eigenvalue weighted by atomic mass is 9.73. The summed E-state index contributed by atoms with van der Waals surface area (Å²) in [5, 5.41) is 0. The molecule has 0 aromatic heterocycles. The maximum absolute atomic E-state index is 13.6. The third kappa shape index (κ3) is 5.97. The smallest absolute Gasteiger partial charge is 0.194 e. The van der Waals surface area contributed by atoms with Gasteiger partial charge in [-0.1, -0.05) is 75.8 Å². The van der Waals surface area contributed by atoms with Crippen LogP contribution in [0, 0.1) is 35.2 Å². The maximum Gasteiger partial charge on any atom is 0.194 e. The van der Waals surface area contributed by atoms with Crippen LogP contribution in [0.15, 0.2) is 42.5 Å². The van der Waals surface area contributed by atoms with Crippen molar-refractivity contribution in [2.24, 2.45) is 17.8 Å². The van der Waals surface area contributed by atoms with Gasteiger partial charge in [0.1, 0.15) is 0 Å². The van der Waals surface area contributed by atoms with E-state index in [0.29, 0.717) is 11.5 Å². The summed E-state index contributed by atoms with van der Waals surface area (Å²) in [5.74, 6) is -0.186. The predicted octanol–water partition coefficient (Wildman–Crippen LogP) is 9.16. The molecular formula is C29H37F3. The number of benzene rings is 2. The summed E-state index contributed by atoms with van der Waals surface area (Å²) in [5.41, 5.74) is 2.10. The molecule has 0 heterocycles.